The molecule has 8 heteroatoms. The van der Waals surface area contributed by atoms with Crippen molar-refractivity contribution in [1.82, 2.24) is 0 Å². The zero-order valence-corrected chi connectivity index (χ0v) is 12.5. The molecule has 22 heavy (non-hydrogen) atoms. The van der Waals surface area contributed by atoms with Gasteiger partial charge in [0.25, 0.3) is 0 Å². The molecule has 0 aliphatic carbocycles. The molecule has 1 heterocycles. The molecule has 1 aliphatic rings. The first-order valence-corrected chi connectivity index (χ1v) is 7.40. The highest BCUT2D eigenvalue weighted by molar-refractivity contribution is 8.14. The number of ether oxygens (including phenoxy) is 1. The molecule has 0 radical (unpaired) electrons. The first kappa shape index (κ1) is 16.7. The topological polar surface area (TPSA) is 46.6 Å². The van der Waals surface area contributed by atoms with Crippen LogP contribution >= 0.6 is 11.8 Å². The van der Waals surface area contributed by atoms with E-state index in [1.165, 1.54) is 36.1 Å². The normalized spacial score (nSPS) is 18.6. The third kappa shape index (κ3) is 4.66. The summed E-state index contributed by atoms with van der Waals surface area (Å²) in [5, 5.41) is -0.137. The van der Waals surface area contributed by atoms with Crippen LogP contribution in [0.4, 0.5) is 18.9 Å². The number of nitrogens with zero attached hydrogens (tertiary/aromatic N) is 1. The van der Waals surface area contributed by atoms with Gasteiger partial charge in [-0.1, -0.05) is 11.8 Å². The molecule has 2 rings (SSSR count). The van der Waals surface area contributed by atoms with Crippen LogP contribution in [0.2, 0.25) is 0 Å². The lowest BCUT2D eigenvalue weighted by atomic mass is 10.3. The number of halogens is 3. The summed E-state index contributed by atoms with van der Waals surface area (Å²) >= 11 is 1.13. The molecule has 1 fully saturated rings. The monoisotopic (exact) mass is 333 g/mol. The number of alkyl halides is 3. The van der Waals surface area contributed by atoms with E-state index in [2.05, 4.69) is 4.74 Å². The van der Waals surface area contributed by atoms with Crippen molar-refractivity contribution >= 4 is 28.5 Å². The van der Waals surface area contributed by atoms with E-state index in [0.717, 1.165) is 11.8 Å². The van der Waals surface area contributed by atoms with Crippen LogP contribution in [0.25, 0.3) is 0 Å². The molecule has 1 unspecified atom stereocenters. The van der Waals surface area contributed by atoms with Gasteiger partial charge in [-0.25, -0.2) is 0 Å². The first-order chi connectivity index (χ1) is 10.2. The minimum Gasteiger partial charge on any atom is -0.484 e. The number of carbonyl (C=O) groups excluding carboxylic acids is 2. The van der Waals surface area contributed by atoms with Crippen molar-refractivity contribution < 1.29 is 27.5 Å². The second-order valence-corrected chi connectivity index (χ2v) is 6.31. The maximum absolute atomic E-state index is 12.1. The molecule has 1 amide bonds. The van der Waals surface area contributed by atoms with Crippen molar-refractivity contribution in [2.75, 3.05) is 18.1 Å². The predicted molar refractivity (Wildman–Crippen MR) is 77.0 cm³/mol. The van der Waals surface area contributed by atoms with Gasteiger partial charge in [0.05, 0.1) is 0 Å². The highest BCUT2D eigenvalue weighted by Crippen LogP contribution is 2.30. The van der Waals surface area contributed by atoms with Crippen molar-refractivity contribution in [3.8, 4) is 5.75 Å². The van der Waals surface area contributed by atoms with Crippen LogP contribution in [0, 0.1) is 0 Å². The standard InChI is InChI=1S/C14H14F3NO3S/c1-9(19)22-12-6-13(20)18(7-12)10-2-4-11(5-3-10)21-8-14(15,16)17/h2-5,12H,6-8H2,1H3. The molecule has 0 spiro atoms. The Morgan fingerprint density at radius 3 is 2.55 bits per heavy atom. The molecule has 1 saturated heterocycles. The minimum absolute atomic E-state index is 0.0458. The Morgan fingerprint density at radius 1 is 1.36 bits per heavy atom. The van der Waals surface area contributed by atoms with Gasteiger partial charge in [-0.05, 0) is 24.3 Å². The zero-order chi connectivity index (χ0) is 16.3. The summed E-state index contributed by atoms with van der Waals surface area (Å²) in [6.07, 6.45) is -4.11. The molecule has 0 aromatic heterocycles. The van der Waals surface area contributed by atoms with E-state index in [0.29, 0.717) is 12.2 Å². The van der Waals surface area contributed by atoms with Crippen LogP contribution in [0.3, 0.4) is 0 Å². The van der Waals surface area contributed by atoms with Crippen LogP contribution in [0.5, 0.6) is 5.75 Å². The van der Waals surface area contributed by atoms with E-state index in [-0.39, 0.29) is 28.4 Å². The highest BCUT2D eigenvalue weighted by atomic mass is 32.2. The van der Waals surface area contributed by atoms with Gasteiger partial charge in [0.1, 0.15) is 5.75 Å². The Balaban J connectivity index is 1.98. The number of benzene rings is 1. The molecule has 1 atom stereocenters. The third-order valence-electron chi connectivity index (χ3n) is 2.97. The lowest BCUT2D eigenvalue weighted by Gasteiger charge is -2.17. The highest BCUT2D eigenvalue weighted by Gasteiger charge is 2.32. The fourth-order valence-corrected chi connectivity index (χ4v) is 3.04. The number of rotatable bonds is 4. The molecule has 0 N–H and O–H groups in total. The molecule has 1 aromatic rings. The first-order valence-electron chi connectivity index (χ1n) is 6.52. The van der Waals surface area contributed by atoms with E-state index in [1.54, 1.807) is 0 Å². The van der Waals surface area contributed by atoms with Crippen molar-refractivity contribution in [3.63, 3.8) is 0 Å². The van der Waals surface area contributed by atoms with Crippen LogP contribution in [0.15, 0.2) is 24.3 Å². The number of carbonyl (C=O) groups is 2. The van der Waals surface area contributed by atoms with Gasteiger partial charge in [0, 0.05) is 30.8 Å². The predicted octanol–water partition coefficient (Wildman–Crippen LogP) is 3.01. The Hall–Kier alpha value is -1.70. The molecule has 4 nitrogen and oxygen atoms in total. The lowest BCUT2D eigenvalue weighted by Crippen LogP contribution is -2.24. The van der Waals surface area contributed by atoms with Crippen LogP contribution in [-0.4, -0.2) is 35.6 Å². The Kier molecular flexibility index (Phi) is 5.00. The molecule has 120 valence electrons. The second-order valence-electron chi connectivity index (χ2n) is 4.84. The van der Waals surface area contributed by atoms with Gasteiger partial charge >= 0.3 is 6.18 Å². The van der Waals surface area contributed by atoms with E-state index in [4.69, 9.17) is 0 Å². The largest absolute Gasteiger partial charge is 0.484 e. The maximum Gasteiger partial charge on any atom is 0.422 e. The van der Waals surface area contributed by atoms with E-state index >= 15 is 0 Å². The van der Waals surface area contributed by atoms with Gasteiger partial charge in [0.15, 0.2) is 11.7 Å². The lowest BCUT2D eigenvalue weighted by molar-refractivity contribution is -0.153. The van der Waals surface area contributed by atoms with Gasteiger partial charge in [-0.2, -0.15) is 13.2 Å². The average molecular weight is 333 g/mol. The van der Waals surface area contributed by atoms with Crippen molar-refractivity contribution in [3.05, 3.63) is 24.3 Å². The molecule has 0 saturated carbocycles. The summed E-state index contributed by atoms with van der Waals surface area (Å²) in [6, 6.07) is 5.84. The molecular weight excluding hydrogens is 319 g/mol. The van der Waals surface area contributed by atoms with E-state index in [9.17, 15) is 22.8 Å². The van der Waals surface area contributed by atoms with Crippen LogP contribution in [0.1, 0.15) is 13.3 Å². The fraction of sp³-hybridized carbons (Fsp3) is 0.429. The summed E-state index contributed by atoms with van der Waals surface area (Å²) in [5.41, 5.74) is 0.580. The number of amides is 1. The Bertz CT molecular complexity index is 559. The number of anilines is 1. The minimum atomic E-state index is -4.39. The van der Waals surface area contributed by atoms with Crippen molar-refractivity contribution in [1.29, 1.82) is 0 Å². The zero-order valence-electron chi connectivity index (χ0n) is 11.7. The number of thioether (sulfide) groups is 1. The smallest absolute Gasteiger partial charge is 0.422 e. The quantitative estimate of drug-likeness (QED) is 0.850. The fourth-order valence-electron chi connectivity index (χ4n) is 2.13. The maximum atomic E-state index is 12.1. The summed E-state index contributed by atoms with van der Waals surface area (Å²) in [4.78, 5) is 24.5. The van der Waals surface area contributed by atoms with Gasteiger partial charge in [-0.15, -0.1) is 0 Å². The third-order valence-corrected chi connectivity index (χ3v) is 3.95. The van der Waals surface area contributed by atoms with Gasteiger partial charge in [-0.3, -0.25) is 9.59 Å². The molecule has 0 bridgehead atoms. The van der Waals surface area contributed by atoms with Crippen LogP contribution in [-0.2, 0) is 9.59 Å². The SMILES string of the molecule is CC(=O)SC1CC(=O)N(c2ccc(OCC(F)(F)F)cc2)C1. The van der Waals surface area contributed by atoms with Gasteiger partial charge in [0.2, 0.25) is 5.91 Å². The molecular formula is C14H14F3NO3S. The second kappa shape index (κ2) is 6.60. The number of hydrogen-bond donors (Lipinski definition) is 0. The van der Waals surface area contributed by atoms with Crippen molar-refractivity contribution in [2.24, 2.45) is 0 Å². The molecule has 1 aromatic carbocycles. The van der Waals surface area contributed by atoms with Crippen molar-refractivity contribution in [2.45, 2.75) is 24.8 Å². The van der Waals surface area contributed by atoms with E-state index in [1.807, 2.05) is 0 Å². The average Bonchev–Trinajstić information content (AvgIpc) is 2.76. The summed E-state index contributed by atoms with van der Waals surface area (Å²) < 4.78 is 40.8. The summed E-state index contributed by atoms with van der Waals surface area (Å²) in [7, 11) is 0. The molecule has 1 aliphatic heterocycles. The Labute approximate surface area is 129 Å². The van der Waals surface area contributed by atoms with Gasteiger partial charge < -0.3 is 9.64 Å². The van der Waals surface area contributed by atoms with E-state index < -0.39 is 12.8 Å². The summed E-state index contributed by atoms with van der Waals surface area (Å²) in [6.45, 7) is 0.503. The van der Waals surface area contributed by atoms with Crippen LogP contribution < -0.4 is 9.64 Å². The Morgan fingerprint density at radius 2 is 2.00 bits per heavy atom. The summed E-state index contributed by atoms with van der Waals surface area (Å²) in [5.74, 6) is -0.0231. The number of hydrogen-bond acceptors (Lipinski definition) is 4.